The number of fused-ring (bicyclic) bond motifs is 1. The Morgan fingerprint density at radius 2 is 2.09 bits per heavy atom. The Bertz CT molecular complexity index is 798. The molecule has 7 heteroatoms. The summed E-state index contributed by atoms with van der Waals surface area (Å²) in [5.41, 5.74) is 8.13. The van der Waals surface area contributed by atoms with Crippen molar-refractivity contribution < 1.29 is 4.74 Å². The van der Waals surface area contributed by atoms with Gasteiger partial charge in [0.2, 0.25) is 0 Å². The van der Waals surface area contributed by atoms with Crippen molar-refractivity contribution in [2.24, 2.45) is 0 Å². The minimum absolute atomic E-state index is 0.436. The fraction of sp³-hybridized carbons (Fsp3) is 0.312. The van der Waals surface area contributed by atoms with Crippen LogP contribution >= 0.6 is 0 Å². The summed E-state index contributed by atoms with van der Waals surface area (Å²) in [7, 11) is 4.11. The second-order valence-corrected chi connectivity index (χ2v) is 5.57. The van der Waals surface area contributed by atoms with Gasteiger partial charge in [-0.2, -0.15) is 0 Å². The second-order valence-electron chi connectivity index (χ2n) is 5.57. The van der Waals surface area contributed by atoms with Crippen molar-refractivity contribution >= 4 is 11.5 Å². The van der Waals surface area contributed by atoms with Crippen molar-refractivity contribution in [1.82, 2.24) is 24.3 Å². The van der Waals surface area contributed by atoms with Crippen molar-refractivity contribution in [2.75, 3.05) is 33.0 Å². The third kappa shape index (κ3) is 3.57. The molecule has 3 heterocycles. The Morgan fingerprint density at radius 3 is 2.87 bits per heavy atom. The maximum Gasteiger partial charge on any atom is 0.140 e. The minimum atomic E-state index is 0.436. The van der Waals surface area contributed by atoms with Crippen LogP contribution in [0, 0.1) is 0 Å². The molecule has 0 saturated carbocycles. The molecule has 0 spiro atoms. The Morgan fingerprint density at radius 1 is 1.22 bits per heavy atom. The molecule has 0 aliphatic rings. The highest BCUT2D eigenvalue weighted by molar-refractivity contribution is 5.62. The van der Waals surface area contributed by atoms with Gasteiger partial charge in [-0.3, -0.25) is 4.40 Å². The van der Waals surface area contributed by atoms with Gasteiger partial charge < -0.3 is 15.4 Å². The zero-order chi connectivity index (χ0) is 16.2. The number of nitrogens with two attached hydrogens (primary N) is 1. The smallest absolute Gasteiger partial charge is 0.140 e. The van der Waals surface area contributed by atoms with Gasteiger partial charge in [0.05, 0.1) is 24.2 Å². The standard InChI is InChI=1S/C16H20N6O/c1-21(2)5-3-7-23-12-4-6-22-14(10-18-16(22)8-12)13-9-15(17)20-11-19-13/h4,6,8-11H,3,5,7H2,1-2H3,(H2,17,19,20). The van der Waals surface area contributed by atoms with E-state index in [1.807, 2.05) is 22.7 Å². The fourth-order valence-electron chi connectivity index (χ4n) is 2.32. The molecule has 0 amide bonds. The minimum Gasteiger partial charge on any atom is -0.493 e. The lowest BCUT2D eigenvalue weighted by molar-refractivity contribution is 0.281. The van der Waals surface area contributed by atoms with Gasteiger partial charge in [-0.1, -0.05) is 0 Å². The molecule has 23 heavy (non-hydrogen) atoms. The van der Waals surface area contributed by atoms with Crippen LogP contribution in [0.1, 0.15) is 6.42 Å². The molecular weight excluding hydrogens is 292 g/mol. The lowest BCUT2D eigenvalue weighted by atomic mass is 10.3. The number of aromatic nitrogens is 4. The van der Waals surface area contributed by atoms with Crippen molar-refractivity contribution in [1.29, 1.82) is 0 Å². The predicted molar refractivity (Wildman–Crippen MR) is 89.3 cm³/mol. The van der Waals surface area contributed by atoms with Crippen molar-refractivity contribution in [2.45, 2.75) is 6.42 Å². The van der Waals surface area contributed by atoms with E-state index in [4.69, 9.17) is 10.5 Å². The van der Waals surface area contributed by atoms with Gasteiger partial charge in [0.1, 0.15) is 23.5 Å². The van der Waals surface area contributed by atoms with Gasteiger partial charge in [0, 0.05) is 24.9 Å². The molecule has 3 aromatic rings. The van der Waals surface area contributed by atoms with Crippen LogP contribution < -0.4 is 10.5 Å². The summed E-state index contributed by atoms with van der Waals surface area (Å²) >= 11 is 0. The van der Waals surface area contributed by atoms with Crippen LogP contribution in [0.25, 0.3) is 17.0 Å². The first-order valence-electron chi connectivity index (χ1n) is 7.46. The summed E-state index contributed by atoms with van der Waals surface area (Å²) in [6, 6.07) is 5.58. The number of anilines is 1. The average molecular weight is 312 g/mol. The van der Waals surface area contributed by atoms with Crippen LogP contribution in [-0.4, -0.2) is 51.5 Å². The summed E-state index contributed by atoms with van der Waals surface area (Å²) < 4.78 is 7.73. The second kappa shape index (κ2) is 6.62. The van der Waals surface area contributed by atoms with Crippen LogP contribution in [0.2, 0.25) is 0 Å². The lowest BCUT2D eigenvalue weighted by Crippen LogP contribution is -2.15. The van der Waals surface area contributed by atoms with Crippen LogP contribution in [0.3, 0.4) is 0 Å². The summed E-state index contributed by atoms with van der Waals surface area (Å²) in [5, 5.41) is 0. The summed E-state index contributed by atoms with van der Waals surface area (Å²) in [6.07, 6.45) is 6.13. The zero-order valence-electron chi connectivity index (χ0n) is 13.3. The molecule has 0 radical (unpaired) electrons. The molecule has 3 aromatic heterocycles. The molecule has 0 fully saturated rings. The number of imidazole rings is 1. The highest BCUT2D eigenvalue weighted by Gasteiger charge is 2.08. The Balaban J connectivity index is 1.77. The predicted octanol–water partition coefficient (Wildman–Crippen LogP) is 1.70. The first-order valence-corrected chi connectivity index (χ1v) is 7.46. The molecule has 0 aliphatic carbocycles. The van der Waals surface area contributed by atoms with Crippen LogP contribution in [-0.2, 0) is 0 Å². The van der Waals surface area contributed by atoms with E-state index in [1.165, 1.54) is 6.33 Å². The molecule has 7 nitrogen and oxygen atoms in total. The van der Waals surface area contributed by atoms with Crippen LogP contribution in [0.5, 0.6) is 5.75 Å². The number of pyridine rings is 1. The number of hydrogen-bond donors (Lipinski definition) is 1. The fourth-order valence-corrected chi connectivity index (χ4v) is 2.32. The number of rotatable bonds is 6. The van der Waals surface area contributed by atoms with Crippen molar-refractivity contribution in [3.63, 3.8) is 0 Å². The molecule has 0 aromatic carbocycles. The van der Waals surface area contributed by atoms with Gasteiger partial charge in [-0.15, -0.1) is 0 Å². The number of nitrogen functional groups attached to an aromatic ring is 1. The van der Waals surface area contributed by atoms with E-state index in [2.05, 4.69) is 33.9 Å². The molecular formula is C16H20N6O. The number of ether oxygens (including phenoxy) is 1. The van der Waals surface area contributed by atoms with Crippen molar-refractivity contribution in [3.05, 3.63) is 36.9 Å². The number of nitrogens with zero attached hydrogens (tertiary/aromatic N) is 5. The Hall–Kier alpha value is -2.67. The van der Waals surface area contributed by atoms with E-state index in [0.29, 0.717) is 12.4 Å². The van der Waals surface area contributed by atoms with Gasteiger partial charge in [0.15, 0.2) is 0 Å². The molecule has 0 atom stereocenters. The van der Waals surface area contributed by atoms with E-state index >= 15 is 0 Å². The molecule has 0 bridgehead atoms. The maximum atomic E-state index is 5.77. The van der Waals surface area contributed by atoms with Gasteiger partial charge in [0.25, 0.3) is 0 Å². The van der Waals surface area contributed by atoms with Gasteiger partial charge in [-0.25, -0.2) is 15.0 Å². The first-order chi connectivity index (χ1) is 11.1. The number of hydrogen-bond acceptors (Lipinski definition) is 6. The molecule has 0 unspecified atom stereocenters. The SMILES string of the molecule is CN(C)CCCOc1ccn2c(-c3cc(N)ncn3)cnc2c1. The van der Waals surface area contributed by atoms with E-state index < -0.39 is 0 Å². The van der Waals surface area contributed by atoms with Gasteiger partial charge >= 0.3 is 0 Å². The summed E-state index contributed by atoms with van der Waals surface area (Å²) in [4.78, 5) is 14.7. The van der Waals surface area contributed by atoms with E-state index in [1.54, 1.807) is 12.3 Å². The van der Waals surface area contributed by atoms with Crippen LogP contribution in [0.15, 0.2) is 36.9 Å². The molecule has 3 rings (SSSR count). The van der Waals surface area contributed by atoms with Crippen molar-refractivity contribution in [3.8, 4) is 17.1 Å². The average Bonchev–Trinajstić information content (AvgIpc) is 2.94. The first kappa shape index (κ1) is 15.2. The molecule has 120 valence electrons. The molecule has 0 saturated heterocycles. The highest BCUT2D eigenvalue weighted by atomic mass is 16.5. The highest BCUT2D eigenvalue weighted by Crippen LogP contribution is 2.22. The quantitative estimate of drug-likeness (QED) is 0.698. The largest absolute Gasteiger partial charge is 0.493 e. The normalized spacial score (nSPS) is 11.3. The third-order valence-electron chi connectivity index (χ3n) is 3.45. The van der Waals surface area contributed by atoms with Crippen LogP contribution in [0.4, 0.5) is 5.82 Å². The monoisotopic (exact) mass is 312 g/mol. The third-order valence-corrected chi connectivity index (χ3v) is 3.45. The molecule has 2 N–H and O–H groups in total. The van der Waals surface area contributed by atoms with E-state index in [0.717, 1.165) is 35.8 Å². The summed E-state index contributed by atoms with van der Waals surface area (Å²) in [6.45, 7) is 1.69. The lowest BCUT2D eigenvalue weighted by Gasteiger charge is -2.10. The Labute approximate surface area is 134 Å². The topological polar surface area (TPSA) is 81.6 Å². The summed E-state index contributed by atoms with van der Waals surface area (Å²) in [5.74, 6) is 1.25. The van der Waals surface area contributed by atoms with E-state index in [9.17, 15) is 0 Å². The van der Waals surface area contributed by atoms with Gasteiger partial charge in [-0.05, 0) is 26.6 Å². The Kier molecular flexibility index (Phi) is 4.38. The maximum absolute atomic E-state index is 5.77. The zero-order valence-corrected chi connectivity index (χ0v) is 13.3. The molecule has 0 aliphatic heterocycles. The van der Waals surface area contributed by atoms with E-state index in [-0.39, 0.29) is 0 Å².